The van der Waals surface area contributed by atoms with Crippen molar-refractivity contribution in [3.05, 3.63) is 69.8 Å². The fourth-order valence-electron chi connectivity index (χ4n) is 3.32. The number of hydrogen-bond donors (Lipinski definition) is 1. The number of piperazine rings is 1. The third-order valence-electron chi connectivity index (χ3n) is 5.09. The number of rotatable bonds is 7. The first-order valence-corrected chi connectivity index (χ1v) is 10.1. The molecule has 1 saturated heterocycles. The Morgan fingerprint density at radius 3 is 2.38 bits per heavy atom. The number of nitro benzene ring substituents is 1. The minimum absolute atomic E-state index is 0.0273. The fourth-order valence-corrected chi connectivity index (χ4v) is 3.32. The van der Waals surface area contributed by atoms with E-state index in [1.807, 2.05) is 17.9 Å². The number of anilines is 1. The number of nitrogens with zero attached hydrogens (tertiary/aromatic N) is 3. The average molecular weight is 440 g/mol. The van der Waals surface area contributed by atoms with Crippen LogP contribution >= 0.6 is 0 Å². The molecule has 0 unspecified atom stereocenters. The Morgan fingerprint density at radius 2 is 1.75 bits per heavy atom. The lowest BCUT2D eigenvalue weighted by molar-refractivity contribution is -0.384. The molecule has 1 N–H and O–H groups in total. The molecule has 10 nitrogen and oxygen atoms in total. The van der Waals surface area contributed by atoms with Crippen LogP contribution in [-0.2, 0) is 14.3 Å². The molecular formula is C22H24N4O6. The normalized spacial score (nSPS) is 13.4. The molecule has 0 bridgehead atoms. The second-order valence-corrected chi connectivity index (χ2v) is 7.35. The van der Waals surface area contributed by atoms with Crippen LogP contribution < -0.4 is 10.2 Å². The molecule has 0 atom stereocenters. The highest BCUT2D eigenvalue weighted by molar-refractivity contribution is 5.96. The summed E-state index contributed by atoms with van der Waals surface area (Å²) in [7, 11) is 0. The molecule has 1 fully saturated rings. The Hall–Kier alpha value is -3.95. The molecule has 0 spiro atoms. The van der Waals surface area contributed by atoms with E-state index in [1.54, 1.807) is 35.2 Å². The fraction of sp³-hybridized carbons (Fsp3) is 0.318. The molecular weight excluding hydrogens is 416 g/mol. The second kappa shape index (κ2) is 10.4. The van der Waals surface area contributed by atoms with Crippen molar-refractivity contribution in [2.75, 3.05) is 44.2 Å². The first-order chi connectivity index (χ1) is 15.3. The molecule has 168 valence electrons. The number of non-ortho nitro benzene ring substituents is 1. The highest BCUT2D eigenvalue weighted by Gasteiger charge is 2.22. The molecule has 3 rings (SSSR count). The summed E-state index contributed by atoms with van der Waals surface area (Å²) in [6.45, 7) is 3.15. The number of ether oxygens (including phenoxy) is 1. The third-order valence-corrected chi connectivity index (χ3v) is 5.09. The van der Waals surface area contributed by atoms with E-state index in [1.165, 1.54) is 12.1 Å². The van der Waals surface area contributed by atoms with Gasteiger partial charge in [0.2, 0.25) is 0 Å². The van der Waals surface area contributed by atoms with Crippen LogP contribution in [0.15, 0.2) is 48.5 Å². The van der Waals surface area contributed by atoms with Crippen LogP contribution in [0, 0.1) is 17.0 Å². The predicted molar refractivity (Wildman–Crippen MR) is 116 cm³/mol. The van der Waals surface area contributed by atoms with Gasteiger partial charge in [-0.15, -0.1) is 0 Å². The highest BCUT2D eigenvalue weighted by Crippen LogP contribution is 2.20. The summed E-state index contributed by atoms with van der Waals surface area (Å²) in [6.07, 6.45) is 0. The van der Waals surface area contributed by atoms with Crippen molar-refractivity contribution in [1.82, 2.24) is 10.2 Å². The van der Waals surface area contributed by atoms with Gasteiger partial charge in [-0.3, -0.25) is 24.5 Å². The summed E-state index contributed by atoms with van der Waals surface area (Å²) in [4.78, 5) is 50.2. The molecule has 10 heteroatoms. The van der Waals surface area contributed by atoms with E-state index in [0.29, 0.717) is 31.7 Å². The van der Waals surface area contributed by atoms with Gasteiger partial charge in [0.05, 0.1) is 4.92 Å². The van der Waals surface area contributed by atoms with Gasteiger partial charge in [-0.2, -0.15) is 0 Å². The molecule has 32 heavy (non-hydrogen) atoms. The Balaban J connectivity index is 1.38. The first-order valence-electron chi connectivity index (χ1n) is 10.1. The zero-order chi connectivity index (χ0) is 23.1. The van der Waals surface area contributed by atoms with Gasteiger partial charge in [-0.25, -0.2) is 0 Å². The maximum Gasteiger partial charge on any atom is 0.325 e. The Labute approximate surface area is 184 Å². The van der Waals surface area contributed by atoms with E-state index in [2.05, 4.69) is 5.32 Å². The van der Waals surface area contributed by atoms with E-state index < -0.39 is 17.5 Å². The van der Waals surface area contributed by atoms with Gasteiger partial charge in [0.25, 0.3) is 17.5 Å². The standard InChI is InChI=1S/C22H24N4O6/c1-16-3-2-4-17(13-16)22(29)23-14-21(28)32-15-20(27)25-11-9-24(10-12-25)18-5-7-19(8-6-18)26(30)31/h2-8,13H,9-12,14-15H2,1H3,(H,23,29). The largest absolute Gasteiger partial charge is 0.454 e. The average Bonchev–Trinajstić information content (AvgIpc) is 2.81. The van der Waals surface area contributed by atoms with Crippen molar-refractivity contribution in [2.45, 2.75) is 6.92 Å². The lowest BCUT2D eigenvalue weighted by Crippen LogP contribution is -2.50. The Kier molecular flexibility index (Phi) is 7.37. The summed E-state index contributed by atoms with van der Waals surface area (Å²) < 4.78 is 4.99. The smallest absolute Gasteiger partial charge is 0.325 e. The molecule has 1 heterocycles. The van der Waals surface area contributed by atoms with E-state index >= 15 is 0 Å². The van der Waals surface area contributed by atoms with E-state index in [-0.39, 0.29) is 24.0 Å². The van der Waals surface area contributed by atoms with Crippen LogP contribution in [0.4, 0.5) is 11.4 Å². The molecule has 0 aliphatic carbocycles. The van der Waals surface area contributed by atoms with Gasteiger partial charge in [-0.1, -0.05) is 17.7 Å². The van der Waals surface area contributed by atoms with Crippen molar-refractivity contribution in [3.8, 4) is 0 Å². The van der Waals surface area contributed by atoms with Crippen molar-refractivity contribution in [1.29, 1.82) is 0 Å². The number of nitro groups is 1. The van der Waals surface area contributed by atoms with Gasteiger partial charge < -0.3 is 19.9 Å². The second-order valence-electron chi connectivity index (χ2n) is 7.35. The lowest BCUT2D eigenvalue weighted by Gasteiger charge is -2.36. The number of esters is 1. The minimum atomic E-state index is -0.691. The number of hydrogen-bond acceptors (Lipinski definition) is 7. The van der Waals surface area contributed by atoms with Crippen LogP contribution in [0.5, 0.6) is 0 Å². The molecule has 1 aliphatic rings. The van der Waals surface area contributed by atoms with Crippen LogP contribution in [0.3, 0.4) is 0 Å². The zero-order valence-electron chi connectivity index (χ0n) is 17.7. The number of carbonyl (C=O) groups excluding carboxylic acids is 3. The highest BCUT2D eigenvalue weighted by atomic mass is 16.6. The summed E-state index contributed by atoms with van der Waals surface area (Å²) in [5, 5.41) is 13.2. The van der Waals surface area contributed by atoms with Crippen LogP contribution in [0.25, 0.3) is 0 Å². The molecule has 2 amide bonds. The van der Waals surface area contributed by atoms with E-state index in [9.17, 15) is 24.5 Å². The third kappa shape index (κ3) is 6.03. The maximum absolute atomic E-state index is 12.3. The summed E-state index contributed by atoms with van der Waals surface area (Å²) in [6, 6.07) is 13.2. The van der Waals surface area contributed by atoms with Gasteiger partial charge >= 0.3 is 5.97 Å². The van der Waals surface area contributed by atoms with E-state index in [0.717, 1.165) is 11.3 Å². The Bertz CT molecular complexity index is 1000. The van der Waals surface area contributed by atoms with Crippen molar-refractivity contribution in [3.63, 3.8) is 0 Å². The lowest BCUT2D eigenvalue weighted by atomic mass is 10.1. The quantitative estimate of drug-likeness (QED) is 0.393. The van der Waals surface area contributed by atoms with Crippen LogP contribution in [0.1, 0.15) is 15.9 Å². The van der Waals surface area contributed by atoms with Crippen LogP contribution in [0.2, 0.25) is 0 Å². The number of nitrogens with one attached hydrogen (secondary N) is 1. The van der Waals surface area contributed by atoms with Crippen molar-refractivity contribution >= 4 is 29.2 Å². The number of benzene rings is 2. The molecule has 0 aromatic heterocycles. The van der Waals surface area contributed by atoms with Crippen molar-refractivity contribution in [2.24, 2.45) is 0 Å². The topological polar surface area (TPSA) is 122 Å². The first kappa shape index (κ1) is 22.7. The molecule has 0 radical (unpaired) electrons. The summed E-state index contributed by atoms with van der Waals surface area (Å²) >= 11 is 0. The number of amides is 2. The van der Waals surface area contributed by atoms with Gasteiger partial charge in [0.1, 0.15) is 6.54 Å². The SMILES string of the molecule is Cc1cccc(C(=O)NCC(=O)OCC(=O)N2CCN(c3ccc([N+](=O)[O-])cc3)CC2)c1. The predicted octanol–water partition coefficient (Wildman–Crippen LogP) is 1.53. The number of carbonyl (C=O) groups is 3. The molecule has 2 aromatic carbocycles. The maximum atomic E-state index is 12.3. The molecule has 1 aliphatic heterocycles. The zero-order valence-corrected chi connectivity index (χ0v) is 17.7. The summed E-state index contributed by atoms with van der Waals surface area (Å²) in [5.41, 5.74) is 2.25. The summed E-state index contributed by atoms with van der Waals surface area (Å²) in [5.74, 6) is -1.39. The van der Waals surface area contributed by atoms with Crippen molar-refractivity contribution < 1.29 is 24.0 Å². The van der Waals surface area contributed by atoms with E-state index in [4.69, 9.17) is 4.74 Å². The minimum Gasteiger partial charge on any atom is -0.454 e. The van der Waals surface area contributed by atoms with Gasteiger partial charge in [0, 0.05) is 49.6 Å². The van der Waals surface area contributed by atoms with Gasteiger partial charge in [0.15, 0.2) is 6.61 Å². The van der Waals surface area contributed by atoms with Crippen LogP contribution in [-0.4, -0.2) is 66.9 Å². The Morgan fingerprint density at radius 1 is 1.06 bits per heavy atom. The van der Waals surface area contributed by atoms with Gasteiger partial charge in [-0.05, 0) is 31.2 Å². The molecule has 0 saturated carbocycles. The number of aryl methyl sites for hydroxylation is 1. The monoisotopic (exact) mass is 440 g/mol. The molecule has 2 aromatic rings.